The van der Waals surface area contributed by atoms with Crippen LogP contribution in [0, 0.1) is 6.92 Å². The van der Waals surface area contributed by atoms with E-state index >= 15 is 0 Å². The largest absolute Gasteiger partial charge is 0.425 e. The number of hydrogen-bond donors (Lipinski definition) is 0. The van der Waals surface area contributed by atoms with Crippen LogP contribution < -0.4 is 9.64 Å². The monoisotopic (exact) mass is 338 g/mol. The molecule has 1 aliphatic rings. The van der Waals surface area contributed by atoms with Crippen molar-refractivity contribution in [1.82, 2.24) is 4.90 Å². The molecule has 2 aromatic carbocycles. The van der Waals surface area contributed by atoms with Crippen molar-refractivity contribution < 1.29 is 19.1 Å². The van der Waals surface area contributed by atoms with Crippen molar-refractivity contribution in [1.29, 1.82) is 0 Å². The number of hydrogen-bond acceptors (Lipinski definition) is 4. The number of imide groups is 1. The second-order valence-corrected chi connectivity index (χ2v) is 5.88. The Balaban J connectivity index is 1.74. The fraction of sp³-hybridized carbons (Fsp3) is 0.211. The molecule has 0 N–H and O–H groups in total. The molecule has 25 heavy (non-hydrogen) atoms. The summed E-state index contributed by atoms with van der Waals surface area (Å²) < 4.78 is 5.16. The summed E-state index contributed by atoms with van der Waals surface area (Å²) in [5.74, 6) is -0.712. The van der Waals surface area contributed by atoms with Gasteiger partial charge in [-0.2, -0.15) is 0 Å². The smallest absolute Gasteiger partial charge is 0.332 e. The highest BCUT2D eigenvalue weighted by Gasteiger charge is 2.44. The fourth-order valence-electron chi connectivity index (χ4n) is 2.69. The number of amides is 3. The SMILES string of the molecule is Cc1ccc(N2C(=O)N(CC(=O)Oc3ccccc3)C(=O)[C@H]2C)cc1. The van der Waals surface area contributed by atoms with E-state index in [1.165, 1.54) is 4.90 Å². The lowest BCUT2D eigenvalue weighted by atomic mass is 10.2. The first kappa shape index (κ1) is 16.7. The van der Waals surface area contributed by atoms with Crippen LogP contribution in [0.25, 0.3) is 0 Å². The van der Waals surface area contributed by atoms with E-state index in [0.717, 1.165) is 10.5 Å². The van der Waals surface area contributed by atoms with Crippen LogP contribution in [-0.4, -0.2) is 35.4 Å². The number of benzene rings is 2. The third kappa shape index (κ3) is 3.38. The Bertz CT molecular complexity index is 802. The Labute approximate surface area is 145 Å². The van der Waals surface area contributed by atoms with Gasteiger partial charge >= 0.3 is 12.0 Å². The predicted octanol–water partition coefficient (Wildman–Crippen LogP) is 2.76. The van der Waals surface area contributed by atoms with Crippen LogP contribution in [-0.2, 0) is 9.59 Å². The number of para-hydroxylation sites is 1. The molecule has 0 radical (unpaired) electrons. The third-order valence-electron chi connectivity index (χ3n) is 4.02. The highest BCUT2D eigenvalue weighted by atomic mass is 16.5. The van der Waals surface area contributed by atoms with Gasteiger partial charge in [-0.3, -0.25) is 14.6 Å². The van der Waals surface area contributed by atoms with Crippen molar-refractivity contribution in [3.63, 3.8) is 0 Å². The number of ether oxygens (including phenoxy) is 1. The number of carbonyl (C=O) groups is 3. The highest BCUT2D eigenvalue weighted by molar-refractivity contribution is 6.15. The van der Waals surface area contributed by atoms with Crippen LogP contribution in [0.1, 0.15) is 12.5 Å². The Morgan fingerprint density at radius 2 is 1.68 bits per heavy atom. The molecule has 6 heteroatoms. The molecule has 0 unspecified atom stereocenters. The summed E-state index contributed by atoms with van der Waals surface area (Å²) in [6.45, 7) is 3.16. The lowest BCUT2D eigenvalue weighted by Crippen LogP contribution is -2.38. The summed E-state index contributed by atoms with van der Waals surface area (Å²) in [6.07, 6.45) is 0. The maximum Gasteiger partial charge on any atom is 0.332 e. The molecule has 3 amide bonds. The molecule has 1 heterocycles. The fourth-order valence-corrected chi connectivity index (χ4v) is 2.69. The Kier molecular flexibility index (Phi) is 4.52. The zero-order chi connectivity index (χ0) is 18.0. The van der Waals surface area contributed by atoms with E-state index in [0.29, 0.717) is 11.4 Å². The summed E-state index contributed by atoms with van der Waals surface area (Å²) in [5, 5.41) is 0. The normalized spacial score (nSPS) is 17.1. The standard InChI is InChI=1S/C19H18N2O4/c1-13-8-10-15(11-9-13)21-14(2)18(23)20(19(21)24)12-17(22)25-16-6-4-3-5-7-16/h3-11,14H,12H2,1-2H3/t14-/m1/s1. The van der Waals surface area contributed by atoms with Gasteiger partial charge in [-0.15, -0.1) is 0 Å². The van der Waals surface area contributed by atoms with Crippen LogP contribution in [0.3, 0.4) is 0 Å². The molecule has 2 aromatic rings. The second-order valence-electron chi connectivity index (χ2n) is 5.88. The topological polar surface area (TPSA) is 66.9 Å². The molecular weight excluding hydrogens is 320 g/mol. The number of rotatable bonds is 4. The van der Waals surface area contributed by atoms with Gasteiger partial charge in [0.05, 0.1) is 0 Å². The molecule has 1 fully saturated rings. The van der Waals surface area contributed by atoms with Crippen molar-refractivity contribution in [2.75, 3.05) is 11.4 Å². The van der Waals surface area contributed by atoms with Crippen molar-refractivity contribution in [3.8, 4) is 5.75 Å². The van der Waals surface area contributed by atoms with Gasteiger partial charge in [0.2, 0.25) is 0 Å². The van der Waals surface area contributed by atoms with Gasteiger partial charge < -0.3 is 4.74 Å². The lowest BCUT2D eigenvalue weighted by molar-refractivity contribution is -0.139. The predicted molar refractivity (Wildman–Crippen MR) is 92.3 cm³/mol. The molecule has 0 aliphatic carbocycles. The van der Waals surface area contributed by atoms with E-state index in [4.69, 9.17) is 4.74 Å². The van der Waals surface area contributed by atoms with Crippen LogP contribution in [0.5, 0.6) is 5.75 Å². The van der Waals surface area contributed by atoms with E-state index in [1.54, 1.807) is 49.4 Å². The number of anilines is 1. The van der Waals surface area contributed by atoms with Crippen molar-refractivity contribution in [3.05, 3.63) is 60.2 Å². The van der Waals surface area contributed by atoms with Gasteiger partial charge in [-0.1, -0.05) is 35.9 Å². The van der Waals surface area contributed by atoms with Crippen LogP contribution >= 0.6 is 0 Å². The first-order chi connectivity index (χ1) is 12.0. The van der Waals surface area contributed by atoms with Gasteiger partial charge in [0.15, 0.2) is 0 Å². The second kappa shape index (κ2) is 6.76. The van der Waals surface area contributed by atoms with E-state index < -0.39 is 30.5 Å². The molecule has 1 atom stereocenters. The van der Waals surface area contributed by atoms with Crippen molar-refractivity contribution in [2.24, 2.45) is 0 Å². The molecule has 128 valence electrons. The minimum absolute atomic E-state index is 0.370. The summed E-state index contributed by atoms with van der Waals surface area (Å²) >= 11 is 0. The zero-order valence-electron chi connectivity index (χ0n) is 14.0. The number of esters is 1. The minimum atomic E-state index is -0.667. The maximum absolute atomic E-state index is 12.6. The minimum Gasteiger partial charge on any atom is -0.425 e. The zero-order valence-corrected chi connectivity index (χ0v) is 14.0. The third-order valence-corrected chi connectivity index (χ3v) is 4.02. The Hall–Kier alpha value is -3.15. The van der Waals surface area contributed by atoms with Gasteiger partial charge in [-0.25, -0.2) is 9.59 Å². The first-order valence-electron chi connectivity index (χ1n) is 7.94. The summed E-state index contributed by atoms with van der Waals surface area (Å²) in [6, 6.07) is 14.6. The van der Waals surface area contributed by atoms with Gasteiger partial charge in [-0.05, 0) is 38.1 Å². The van der Waals surface area contributed by atoms with Gasteiger partial charge in [0, 0.05) is 5.69 Å². The molecule has 1 saturated heterocycles. The van der Waals surface area contributed by atoms with Gasteiger partial charge in [0.1, 0.15) is 18.3 Å². The molecule has 1 aliphatic heterocycles. The van der Waals surface area contributed by atoms with Crippen molar-refractivity contribution >= 4 is 23.6 Å². The molecular formula is C19H18N2O4. The molecule has 0 saturated carbocycles. The van der Waals surface area contributed by atoms with Crippen LogP contribution in [0.4, 0.5) is 10.5 Å². The number of carbonyl (C=O) groups excluding carboxylic acids is 3. The van der Waals surface area contributed by atoms with E-state index in [-0.39, 0.29) is 0 Å². The van der Waals surface area contributed by atoms with E-state index in [2.05, 4.69) is 0 Å². The average Bonchev–Trinajstić information content (AvgIpc) is 2.80. The maximum atomic E-state index is 12.6. The highest BCUT2D eigenvalue weighted by Crippen LogP contribution is 2.26. The van der Waals surface area contributed by atoms with E-state index in [9.17, 15) is 14.4 Å². The molecule has 3 rings (SSSR count). The Morgan fingerprint density at radius 3 is 2.32 bits per heavy atom. The van der Waals surface area contributed by atoms with Crippen LogP contribution in [0.15, 0.2) is 54.6 Å². The molecule has 0 aromatic heterocycles. The number of nitrogens with zero attached hydrogens (tertiary/aromatic N) is 2. The Morgan fingerprint density at radius 1 is 1.04 bits per heavy atom. The quantitative estimate of drug-likeness (QED) is 0.488. The summed E-state index contributed by atoms with van der Waals surface area (Å²) in [4.78, 5) is 39.4. The van der Waals surface area contributed by atoms with Crippen molar-refractivity contribution in [2.45, 2.75) is 19.9 Å². The van der Waals surface area contributed by atoms with E-state index in [1.807, 2.05) is 19.1 Å². The molecule has 6 nitrogen and oxygen atoms in total. The molecule has 0 bridgehead atoms. The summed E-state index contributed by atoms with van der Waals surface area (Å²) in [7, 11) is 0. The number of urea groups is 1. The van der Waals surface area contributed by atoms with Gasteiger partial charge in [0.25, 0.3) is 5.91 Å². The number of aryl methyl sites for hydroxylation is 1. The lowest BCUT2D eigenvalue weighted by Gasteiger charge is -2.19. The van der Waals surface area contributed by atoms with Crippen LogP contribution in [0.2, 0.25) is 0 Å². The molecule has 0 spiro atoms. The average molecular weight is 338 g/mol. The summed E-state index contributed by atoms with van der Waals surface area (Å²) in [5.41, 5.74) is 1.67. The first-order valence-corrected chi connectivity index (χ1v) is 7.94.